The van der Waals surface area contributed by atoms with Gasteiger partial charge in [-0.3, -0.25) is 9.59 Å². The van der Waals surface area contributed by atoms with E-state index in [1.807, 2.05) is 25.1 Å². The van der Waals surface area contributed by atoms with Crippen molar-refractivity contribution in [1.29, 1.82) is 0 Å². The zero-order valence-electron chi connectivity index (χ0n) is 22.3. The van der Waals surface area contributed by atoms with Crippen molar-refractivity contribution in [3.8, 4) is 11.3 Å². The Labute approximate surface area is 225 Å². The lowest BCUT2D eigenvalue weighted by molar-refractivity contribution is 0.0691. The Hall–Kier alpha value is -4.79. The molecule has 0 saturated carbocycles. The molecule has 0 unspecified atom stereocenters. The van der Waals surface area contributed by atoms with Gasteiger partial charge in [0.05, 0.1) is 11.3 Å². The van der Waals surface area contributed by atoms with Gasteiger partial charge in [0.25, 0.3) is 11.5 Å². The fraction of sp³-hybridized carbons (Fsp3) is 0.200. The van der Waals surface area contributed by atoms with Crippen molar-refractivity contribution in [1.82, 2.24) is 9.55 Å². The second-order valence-corrected chi connectivity index (χ2v) is 10.3. The first-order chi connectivity index (χ1) is 18.3. The van der Waals surface area contributed by atoms with Gasteiger partial charge in [0, 0.05) is 35.7 Å². The summed E-state index contributed by atoms with van der Waals surface area (Å²) in [6.45, 7) is 8.17. The van der Waals surface area contributed by atoms with Crippen LogP contribution in [0.2, 0.25) is 0 Å². The van der Waals surface area contributed by atoms with Crippen LogP contribution in [0.5, 0.6) is 0 Å². The van der Waals surface area contributed by atoms with E-state index in [1.54, 1.807) is 37.5 Å². The first-order valence-electron chi connectivity index (χ1n) is 12.2. The number of halogens is 1. The molecule has 0 spiro atoms. The van der Waals surface area contributed by atoms with Gasteiger partial charge in [-0.2, -0.15) is 0 Å². The normalized spacial score (nSPS) is 11.2. The third-order valence-electron chi connectivity index (χ3n) is 6.40. The van der Waals surface area contributed by atoms with Gasteiger partial charge in [-0.05, 0) is 59.9 Å². The molecule has 1 amide bonds. The zero-order valence-corrected chi connectivity index (χ0v) is 22.3. The van der Waals surface area contributed by atoms with Crippen molar-refractivity contribution in [2.24, 2.45) is 7.05 Å². The SMILES string of the molecule is Cc1c(NC(=O)c2ccc(C(C)(C)C)cc2)cccc1-c1cn(C)c(=O)c(Nc2ccc(C(=O)O)c(F)c2)n1. The molecular weight excluding hydrogens is 499 g/mol. The van der Waals surface area contributed by atoms with E-state index >= 15 is 0 Å². The maximum absolute atomic E-state index is 14.2. The number of amides is 1. The number of carbonyl (C=O) groups excluding carboxylic acids is 1. The Bertz CT molecular complexity index is 1640. The molecule has 0 saturated heterocycles. The first-order valence-corrected chi connectivity index (χ1v) is 12.2. The number of anilines is 3. The lowest BCUT2D eigenvalue weighted by atomic mass is 9.86. The van der Waals surface area contributed by atoms with Crippen LogP contribution >= 0.6 is 0 Å². The molecule has 1 heterocycles. The van der Waals surface area contributed by atoms with Gasteiger partial charge >= 0.3 is 5.97 Å². The average molecular weight is 529 g/mol. The Balaban J connectivity index is 1.63. The molecule has 9 heteroatoms. The molecule has 39 heavy (non-hydrogen) atoms. The molecule has 0 aliphatic carbocycles. The molecule has 0 bridgehead atoms. The number of aryl methyl sites for hydroxylation is 1. The minimum atomic E-state index is -1.39. The molecule has 0 atom stereocenters. The van der Waals surface area contributed by atoms with Crippen LogP contribution in [-0.4, -0.2) is 26.5 Å². The summed E-state index contributed by atoms with van der Waals surface area (Å²) in [5, 5.41) is 14.8. The fourth-order valence-electron chi connectivity index (χ4n) is 4.09. The summed E-state index contributed by atoms with van der Waals surface area (Å²) >= 11 is 0. The summed E-state index contributed by atoms with van der Waals surface area (Å²) in [5.41, 5.74) is 3.34. The lowest BCUT2D eigenvalue weighted by Crippen LogP contribution is -2.21. The highest BCUT2D eigenvalue weighted by Gasteiger charge is 2.17. The highest BCUT2D eigenvalue weighted by molar-refractivity contribution is 6.05. The van der Waals surface area contributed by atoms with E-state index in [1.165, 1.54) is 10.6 Å². The Kier molecular flexibility index (Phi) is 7.36. The van der Waals surface area contributed by atoms with Crippen LogP contribution in [-0.2, 0) is 12.5 Å². The molecule has 0 radical (unpaired) electrons. The Morgan fingerprint density at radius 1 is 1.03 bits per heavy atom. The summed E-state index contributed by atoms with van der Waals surface area (Å²) in [5.74, 6) is -2.64. The number of benzene rings is 3. The summed E-state index contributed by atoms with van der Waals surface area (Å²) in [6.07, 6.45) is 1.57. The minimum Gasteiger partial charge on any atom is -0.478 e. The lowest BCUT2D eigenvalue weighted by Gasteiger charge is -2.19. The van der Waals surface area contributed by atoms with Crippen LogP contribution in [0.3, 0.4) is 0 Å². The van der Waals surface area contributed by atoms with E-state index in [0.717, 1.165) is 23.3 Å². The van der Waals surface area contributed by atoms with E-state index in [-0.39, 0.29) is 22.8 Å². The molecule has 4 aromatic rings. The average Bonchev–Trinajstić information content (AvgIpc) is 2.87. The number of hydrogen-bond donors (Lipinski definition) is 3. The highest BCUT2D eigenvalue weighted by atomic mass is 19.1. The monoisotopic (exact) mass is 528 g/mol. The molecule has 0 fully saturated rings. The van der Waals surface area contributed by atoms with Crippen molar-refractivity contribution in [2.75, 3.05) is 10.6 Å². The number of hydrogen-bond acceptors (Lipinski definition) is 5. The van der Waals surface area contributed by atoms with Gasteiger partial charge in [0.1, 0.15) is 5.82 Å². The van der Waals surface area contributed by atoms with E-state index < -0.39 is 22.9 Å². The first kappa shape index (κ1) is 27.3. The number of rotatable bonds is 6. The van der Waals surface area contributed by atoms with Crippen molar-refractivity contribution in [2.45, 2.75) is 33.1 Å². The van der Waals surface area contributed by atoms with Crippen LogP contribution < -0.4 is 16.2 Å². The van der Waals surface area contributed by atoms with Gasteiger partial charge < -0.3 is 20.3 Å². The van der Waals surface area contributed by atoms with E-state index in [9.17, 15) is 18.8 Å². The molecule has 4 rings (SSSR count). The molecule has 3 N–H and O–H groups in total. The van der Waals surface area contributed by atoms with Crippen molar-refractivity contribution in [3.63, 3.8) is 0 Å². The maximum Gasteiger partial charge on any atom is 0.338 e. The third-order valence-corrected chi connectivity index (χ3v) is 6.40. The highest BCUT2D eigenvalue weighted by Crippen LogP contribution is 2.29. The fourth-order valence-corrected chi connectivity index (χ4v) is 4.09. The van der Waals surface area contributed by atoms with Crippen LogP contribution in [0.15, 0.2) is 71.7 Å². The number of aromatic nitrogens is 2. The number of nitrogens with one attached hydrogen (secondary N) is 2. The second-order valence-electron chi connectivity index (χ2n) is 10.3. The quantitative estimate of drug-likeness (QED) is 0.288. The minimum absolute atomic E-state index is 0.0213. The number of nitrogens with zero attached hydrogens (tertiary/aromatic N) is 2. The molecule has 1 aromatic heterocycles. The van der Waals surface area contributed by atoms with E-state index in [0.29, 0.717) is 22.5 Å². The second kappa shape index (κ2) is 10.5. The number of aromatic carboxylic acids is 1. The van der Waals surface area contributed by atoms with Gasteiger partial charge in [-0.15, -0.1) is 0 Å². The number of carbonyl (C=O) groups is 2. The third kappa shape index (κ3) is 5.87. The van der Waals surface area contributed by atoms with Crippen LogP contribution in [0, 0.1) is 12.7 Å². The Morgan fingerprint density at radius 3 is 2.33 bits per heavy atom. The van der Waals surface area contributed by atoms with Gasteiger partial charge in [0.15, 0.2) is 5.82 Å². The molecule has 3 aromatic carbocycles. The topological polar surface area (TPSA) is 113 Å². The van der Waals surface area contributed by atoms with Crippen molar-refractivity contribution in [3.05, 3.63) is 105 Å². The van der Waals surface area contributed by atoms with Gasteiger partial charge in [-0.1, -0.05) is 45.0 Å². The smallest absolute Gasteiger partial charge is 0.338 e. The van der Waals surface area contributed by atoms with Gasteiger partial charge in [-0.25, -0.2) is 14.2 Å². The zero-order chi connectivity index (χ0) is 28.5. The van der Waals surface area contributed by atoms with Crippen LogP contribution in [0.25, 0.3) is 11.3 Å². The van der Waals surface area contributed by atoms with Crippen molar-refractivity contribution >= 4 is 29.1 Å². The summed E-state index contributed by atoms with van der Waals surface area (Å²) in [4.78, 5) is 41.3. The van der Waals surface area contributed by atoms with Crippen LogP contribution in [0.1, 0.15) is 52.6 Å². The van der Waals surface area contributed by atoms with Crippen molar-refractivity contribution < 1.29 is 19.1 Å². The Morgan fingerprint density at radius 2 is 1.72 bits per heavy atom. The van der Waals surface area contributed by atoms with Gasteiger partial charge in [0.2, 0.25) is 0 Å². The standard InChI is InChI=1S/C30H29FN4O4/c1-17-21(7-6-8-24(17)34-27(36)18-9-11-19(12-10-18)30(2,3)4)25-16-35(5)28(37)26(33-25)32-20-13-14-22(29(38)39)23(31)15-20/h6-16H,1-5H3,(H,32,33)(H,34,36)(H,38,39). The molecule has 200 valence electrons. The number of carboxylic acids is 1. The van der Waals surface area contributed by atoms with E-state index in [2.05, 4.69) is 36.4 Å². The predicted molar refractivity (Wildman–Crippen MR) is 149 cm³/mol. The summed E-state index contributed by atoms with van der Waals surface area (Å²) < 4.78 is 15.5. The molecule has 0 aliphatic heterocycles. The summed E-state index contributed by atoms with van der Waals surface area (Å²) in [6, 6.07) is 16.3. The van der Waals surface area contributed by atoms with Crippen LogP contribution in [0.4, 0.5) is 21.6 Å². The summed E-state index contributed by atoms with van der Waals surface area (Å²) in [7, 11) is 1.56. The number of carboxylic acid groups (broad SMARTS) is 1. The van der Waals surface area contributed by atoms with E-state index in [4.69, 9.17) is 5.11 Å². The molecule has 8 nitrogen and oxygen atoms in total. The maximum atomic E-state index is 14.2. The molecular formula is C30H29FN4O4. The largest absolute Gasteiger partial charge is 0.478 e. The molecule has 0 aliphatic rings. The predicted octanol–water partition coefficient (Wildman–Crippen LogP) is 5.89.